The summed E-state index contributed by atoms with van der Waals surface area (Å²) in [6.45, 7) is 10.4. The number of hydrogen-bond acceptors (Lipinski definition) is 7. The molecule has 0 saturated heterocycles. The van der Waals surface area contributed by atoms with Gasteiger partial charge >= 0.3 is 5.97 Å². The molecule has 0 spiro atoms. The zero-order valence-corrected chi connectivity index (χ0v) is 28.0. The van der Waals surface area contributed by atoms with Gasteiger partial charge in [0.2, 0.25) is 17.7 Å². The van der Waals surface area contributed by atoms with E-state index < -0.39 is 84.2 Å². The first-order valence-electron chi connectivity index (χ1n) is 16.0. The van der Waals surface area contributed by atoms with Crippen molar-refractivity contribution in [3.63, 3.8) is 0 Å². The van der Waals surface area contributed by atoms with Crippen molar-refractivity contribution in [2.45, 2.75) is 97.2 Å². The summed E-state index contributed by atoms with van der Waals surface area (Å²) >= 11 is 0. The molecule has 4 amide bonds. The maximum atomic E-state index is 13.6. The molecule has 258 valence electrons. The average Bonchev–Trinajstić information content (AvgIpc) is 3.03. The smallest absolute Gasteiger partial charge is 0.326 e. The number of carboxylic acid groups (broad SMARTS) is 1. The van der Waals surface area contributed by atoms with E-state index in [2.05, 4.69) is 21.3 Å². The van der Waals surface area contributed by atoms with Crippen molar-refractivity contribution in [2.75, 3.05) is 0 Å². The zero-order valence-electron chi connectivity index (χ0n) is 28.0. The lowest BCUT2D eigenvalue weighted by Crippen LogP contribution is -2.57. The molecular formula is C35H50N4O8. The minimum atomic E-state index is -1.50. The van der Waals surface area contributed by atoms with Crippen molar-refractivity contribution in [3.8, 4) is 0 Å². The van der Waals surface area contributed by atoms with Crippen LogP contribution < -0.4 is 21.3 Å². The van der Waals surface area contributed by atoms with Gasteiger partial charge in [0.05, 0.1) is 18.6 Å². The van der Waals surface area contributed by atoms with E-state index in [1.807, 2.05) is 13.0 Å². The monoisotopic (exact) mass is 654 g/mol. The fourth-order valence-electron chi connectivity index (χ4n) is 5.00. The Labute approximate surface area is 276 Å². The standard InChI is InChI=1S/C35H50N4O8/c1-7-22(6)30(33(44)39-29(21(4)5)35(46)47)37-27(41)19-26(40)25(18-23-14-10-8-11-15-23)36-32(43)28(20(2)3)38-34(45)31(42)24-16-12-9-13-17-24/h8-17,20-22,25-26,28-31,40,42H,7,18-19H2,1-6H3,(H,36,43)(H,37,41)(H,38,45)(H,39,44)(H,46,47)/t22-,25-,26-,28-,29-,30-,31-/m0/s1. The Kier molecular flexibility index (Phi) is 15.5. The van der Waals surface area contributed by atoms with Crippen LogP contribution in [-0.4, -0.2) is 75.2 Å². The molecule has 2 rings (SSSR count). The number of carbonyl (C=O) groups is 5. The van der Waals surface area contributed by atoms with Crippen LogP contribution in [0, 0.1) is 17.8 Å². The second-order valence-electron chi connectivity index (χ2n) is 12.6. The van der Waals surface area contributed by atoms with Crippen molar-refractivity contribution in [3.05, 3.63) is 71.8 Å². The molecule has 7 atom stereocenters. The number of hydrogen-bond donors (Lipinski definition) is 7. The summed E-state index contributed by atoms with van der Waals surface area (Å²) in [6.07, 6.45) is -2.72. The van der Waals surface area contributed by atoms with E-state index in [0.717, 1.165) is 5.56 Å². The van der Waals surface area contributed by atoms with Gasteiger partial charge in [-0.05, 0) is 35.3 Å². The molecule has 2 aromatic rings. The van der Waals surface area contributed by atoms with E-state index in [4.69, 9.17) is 0 Å². The molecule has 0 radical (unpaired) electrons. The van der Waals surface area contributed by atoms with E-state index in [0.29, 0.717) is 12.0 Å². The lowest BCUT2D eigenvalue weighted by atomic mass is 9.95. The molecule has 0 unspecified atom stereocenters. The number of aliphatic carboxylic acids is 1. The summed E-state index contributed by atoms with van der Waals surface area (Å²) < 4.78 is 0. The molecule has 12 heteroatoms. The van der Waals surface area contributed by atoms with Gasteiger partial charge in [-0.3, -0.25) is 19.2 Å². The van der Waals surface area contributed by atoms with Crippen molar-refractivity contribution >= 4 is 29.6 Å². The van der Waals surface area contributed by atoms with E-state index >= 15 is 0 Å². The highest BCUT2D eigenvalue weighted by atomic mass is 16.4. The predicted octanol–water partition coefficient (Wildman–Crippen LogP) is 2.10. The Morgan fingerprint density at radius 2 is 1.17 bits per heavy atom. The third-order valence-corrected chi connectivity index (χ3v) is 8.14. The molecule has 0 bridgehead atoms. The van der Waals surface area contributed by atoms with Crippen LogP contribution in [0.1, 0.15) is 71.6 Å². The second kappa shape index (κ2) is 18.8. The van der Waals surface area contributed by atoms with Gasteiger partial charge < -0.3 is 36.6 Å². The molecule has 47 heavy (non-hydrogen) atoms. The molecule has 7 N–H and O–H groups in total. The quantitative estimate of drug-likeness (QED) is 0.127. The number of nitrogens with one attached hydrogen (secondary N) is 4. The number of aliphatic hydroxyl groups is 2. The normalized spacial score (nSPS) is 15.8. The van der Waals surface area contributed by atoms with Gasteiger partial charge in [0.1, 0.15) is 18.1 Å². The Bertz CT molecular complexity index is 1320. The van der Waals surface area contributed by atoms with Gasteiger partial charge in [-0.15, -0.1) is 0 Å². The molecule has 0 aromatic heterocycles. The van der Waals surface area contributed by atoms with E-state index in [9.17, 15) is 39.3 Å². The summed E-state index contributed by atoms with van der Waals surface area (Å²) in [7, 11) is 0. The highest BCUT2D eigenvalue weighted by Crippen LogP contribution is 2.16. The van der Waals surface area contributed by atoms with E-state index in [-0.39, 0.29) is 12.3 Å². The van der Waals surface area contributed by atoms with Crippen LogP contribution in [-0.2, 0) is 30.4 Å². The van der Waals surface area contributed by atoms with Crippen molar-refractivity contribution in [1.29, 1.82) is 0 Å². The summed E-state index contributed by atoms with van der Waals surface area (Å²) in [6, 6.07) is 13.1. The van der Waals surface area contributed by atoms with E-state index in [1.54, 1.807) is 89.2 Å². The summed E-state index contributed by atoms with van der Waals surface area (Å²) in [4.78, 5) is 64.4. The Morgan fingerprint density at radius 3 is 1.68 bits per heavy atom. The van der Waals surface area contributed by atoms with Gasteiger partial charge in [-0.25, -0.2) is 4.79 Å². The fraction of sp³-hybridized carbons (Fsp3) is 0.514. The van der Waals surface area contributed by atoms with Gasteiger partial charge in [-0.2, -0.15) is 0 Å². The van der Waals surface area contributed by atoms with Crippen LogP contribution >= 0.6 is 0 Å². The fourth-order valence-corrected chi connectivity index (χ4v) is 5.00. The van der Waals surface area contributed by atoms with Crippen molar-refractivity contribution in [2.24, 2.45) is 17.8 Å². The van der Waals surface area contributed by atoms with Crippen LogP contribution in [0.15, 0.2) is 60.7 Å². The Morgan fingerprint density at radius 1 is 0.660 bits per heavy atom. The summed E-state index contributed by atoms with van der Waals surface area (Å²) in [5.41, 5.74) is 1.13. The molecule has 0 aliphatic carbocycles. The molecule has 12 nitrogen and oxygen atoms in total. The van der Waals surface area contributed by atoms with Gasteiger partial charge in [0, 0.05) is 0 Å². The third kappa shape index (κ3) is 12.1. The minimum absolute atomic E-state index is 0.149. The first-order chi connectivity index (χ1) is 22.2. The van der Waals surface area contributed by atoms with Crippen LogP contribution in [0.5, 0.6) is 0 Å². The maximum Gasteiger partial charge on any atom is 0.326 e. The lowest BCUT2D eigenvalue weighted by molar-refractivity contribution is -0.143. The number of amides is 4. The third-order valence-electron chi connectivity index (χ3n) is 8.14. The van der Waals surface area contributed by atoms with Crippen molar-refractivity contribution in [1.82, 2.24) is 21.3 Å². The van der Waals surface area contributed by atoms with Crippen LogP contribution in [0.25, 0.3) is 0 Å². The Balaban J connectivity index is 2.23. The number of carboxylic acids is 1. The average molecular weight is 655 g/mol. The molecule has 0 heterocycles. The predicted molar refractivity (Wildman–Crippen MR) is 177 cm³/mol. The van der Waals surface area contributed by atoms with Crippen LogP contribution in [0.4, 0.5) is 0 Å². The molecular weight excluding hydrogens is 604 g/mol. The van der Waals surface area contributed by atoms with Gasteiger partial charge in [0.15, 0.2) is 6.10 Å². The second-order valence-corrected chi connectivity index (χ2v) is 12.6. The summed E-state index contributed by atoms with van der Waals surface area (Å²) in [5.74, 6) is -5.01. The van der Waals surface area contributed by atoms with Gasteiger partial charge in [0.25, 0.3) is 5.91 Å². The number of aliphatic hydroxyl groups excluding tert-OH is 2. The molecule has 0 aliphatic heterocycles. The first kappa shape index (κ1) is 38.9. The highest BCUT2D eigenvalue weighted by molar-refractivity contribution is 5.91. The number of benzene rings is 2. The van der Waals surface area contributed by atoms with E-state index in [1.165, 1.54) is 0 Å². The molecule has 2 aromatic carbocycles. The lowest BCUT2D eigenvalue weighted by Gasteiger charge is -2.30. The SMILES string of the molecule is CC[C@H](C)[C@H](NC(=O)C[C@H](O)[C@H](Cc1ccccc1)NC(=O)[C@@H](NC(=O)[C@@H](O)c1ccccc1)C(C)C)C(=O)N[C@H](C(=O)O)C(C)C. The van der Waals surface area contributed by atoms with Gasteiger partial charge in [-0.1, -0.05) is 109 Å². The topological polar surface area (TPSA) is 194 Å². The summed E-state index contributed by atoms with van der Waals surface area (Å²) in [5, 5.41) is 41.9. The molecule has 0 fully saturated rings. The maximum absolute atomic E-state index is 13.6. The highest BCUT2D eigenvalue weighted by Gasteiger charge is 2.34. The van der Waals surface area contributed by atoms with Crippen LogP contribution in [0.3, 0.4) is 0 Å². The molecule has 0 saturated carbocycles. The number of carbonyl (C=O) groups excluding carboxylic acids is 4. The first-order valence-corrected chi connectivity index (χ1v) is 16.0. The minimum Gasteiger partial charge on any atom is -0.480 e. The van der Waals surface area contributed by atoms with Crippen LogP contribution in [0.2, 0.25) is 0 Å². The number of rotatable bonds is 18. The Hall–Kier alpha value is -4.29. The zero-order chi connectivity index (χ0) is 35.3. The molecule has 0 aliphatic rings. The largest absolute Gasteiger partial charge is 0.480 e. The van der Waals surface area contributed by atoms with Crippen molar-refractivity contribution < 1.29 is 39.3 Å².